The molecule has 4 nitrogen and oxygen atoms in total. The van der Waals surface area contributed by atoms with Gasteiger partial charge in [0.05, 0.1) is 5.92 Å². The summed E-state index contributed by atoms with van der Waals surface area (Å²) in [6.45, 7) is 3.72. The Kier molecular flexibility index (Phi) is 7.54. The molecule has 1 fully saturated rings. The van der Waals surface area contributed by atoms with Crippen LogP contribution in [-0.2, 0) is 4.74 Å². The zero-order valence-corrected chi connectivity index (χ0v) is 14.2. The molecule has 1 amide bonds. The van der Waals surface area contributed by atoms with E-state index in [0.29, 0.717) is 12.8 Å². The zero-order chi connectivity index (χ0) is 18.5. The maximum absolute atomic E-state index is 13.3. The molecule has 2 atom stereocenters. The lowest BCUT2D eigenvalue weighted by Crippen LogP contribution is -2.44. The van der Waals surface area contributed by atoms with Gasteiger partial charge in [-0.1, -0.05) is 24.4 Å². The summed E-state index contributed by atoms with van der Waals surface area (Å²) >= 11 is 5.49. The Morgan fingerprint density at radius 2 is 1.79 bits per heavy atom. The molecule has 0 spiro atoms. The predicted octanol–water partition coefficient (Wildman–Crippen LogP) is 4.84. The quantitative estimate of drug-likeness (QED) is 0.554. The van der Waals surface area contributed by atoms with E-state index < -0.39 is 40.6 Å². The third kappa shape index (κ3) is 4.42. The van der Waals surface area contributed by atoms with E-state index in [1.807, 2.05) is 0 Å². The molecule has 0 radical (unpaired) electrons. The molecule has 138 valence electrons. The Morgan fingerprint density at radius 3 is 2.25 bits per heavy atom. The van der Waals surface area contributed by atoms with Crippen molar-refractivity contribution in [2.45, 2.75) is 45.1 Å². The molecule has 24 heavy (non-hydrogen) atoms. The summed E-state index contributed by atoms with van der Waals surface area (Å²) < 4.78 is 57.2. The molecule has 1 N–H and O–H groups in total. The fourth-order valence-electron chi connectivity index (χ4n) is 2.81. The van der Waals surface area contributed by atoms with Gasteiger partial charge in [0.25, 0.3) is 6.08 Å². The van der Waals surface area contributed by atoms with Crippen molar-refractivity contribution in [1.29, 1.82) is 0 Å². The summed E-state index contributed by atoms with van der Waals surface area (Å²) in [6.07, 6.45) is -5.27. The number of ether oxygens (including phenoxy) is 1. The van der Waals surface area contributed by atoms with Gasteiger partial charge in [0.1, 0.15) is 10.6 Å². The average molecular weight is 374 g/mol. The summed E-state index contributed by atoms with van der Waals surface area (Å²) in [4.78, 5) is 13.1. The molecule has 0 aromatic carbocycles. The number of nitrogens with zero attached hydrogens (tertiary/aromatic N) is 1. The van der Waals surface area contributed by atoms with E-state index >= 15 is 0 Å². The molecular weight excluding hydrogens is 354 g/mol. The third-order valence-electron chi connectivity index (χ3n) is 4.14. The third-order valence-corrected chi connectivity index (χ3v) is 4.61. The maximum Gasteiger partial charge on any atom is 0.415 e. The topological polar surface area (TPSA) is 49.8 Å². The minimum Gasteiger partial charge on any atom is -0.409 e. The van der Waals surface area contributed by atoms with Gasteiger partial charge in [-0.3, -0.25) is 0 Å². The van der Waals surface area contributed by atoms with Gasteiger partial charge in [-0.15, -0.1) is 0 Å². The van der Waals surface area contributed by atoms with Gasteiger partial charge in [0.2, 0.25) is 0 Å². The number of hydrogen-bond donors (Lipinski definition) is 1. The van der Waals surface area contributed by atoms with Crippen LogP contribution in [0.4, 0.5) is 22.4 Å². The Hall–Kier alpha value is -1.28. The molecule has 0 aromatic heterocycles. The summed E-state index contributed by atoms with van der Waals surface area (Å²) in [5.41, 5.74) is -2.39. The highest BCUT2D eigenvalue weighted by Crippen LogP contribution is 2.46. The fraction of sp³-hybridized carbons (Fsp3) is 0.667. The van der Waals surface area contributed by atoms with Crippen molar-refractivity contribution >= 4 is 17.7 Å². The van der Waals surface area contributed by atoms with Gasteiger partial charge in [0.15, 0.2) is 5.76 Å². The number of amides is 1. The second-order valence-electron chi connectivity index (χ2n) is 5.46. The van der Waals surface area contributed by atoms with E-state index in [4.69, 9.17) is 16.3 Å². The predicted molar refractivity (Wildman–Crippen MR) is 80.6 cm³/mol. The van der Waals surface area contributed by atoms with Gasteiger partial charge in [-0.05, 0) is 26.7 Å². The summed E-state index contributed by atoms with van der Waals surface area (Å²) in [5, 5.41) is 9.32. The van der Waals surface area contributed by atoms with Gasteiger partial charge >= 0.3 is 12.2 Å². The Balaban J connectivity index is 3.21. The first-order valence-corrected chi connectivity index (χ1v) is 8.02. The van der Waals surface area contributed by atoms with Crippen LogP contribution < -0.4 is 0 Å². The molecule has 9 heteroatoms. The Labute approximate surface area is 142 Å². The molecule has 1 aliphatic carbocycles. The Bertz CT molecular complexity index is 529. The number of halogens is 5. The van der Waals surface area contributed by atoms with Crippen molar-refractivity contribution in [3.8, 4) is 0 Å². The SMILES string of the molecule is CCN(CC)C(=O)OC(=C(F)F)C1CCCCC1(O)C(Cl)=C(F)F. The number of carbonyl (C=O) groups excluding carboxylic acids is 1. The second kappa shape index (κ2) is 8.71. The van der Waals surface area contributed by atoms with Crippen LogP contribution in [0, 0.1) is 5.92 Å². The maximum atomic E-state index is 13.3. The molecule has 2 unspecified atom stereocenters. The normalized spacial score (nSPS) is 23.4. The van der Waals surface area contributed by atoms with Crippen LogP contribution in [0.3, 0.4) is 0 Å². The molecule has 1 saturated carbocycles. The van der Waals surface area contributed by atoms with E-state index in [1.165, 1.54) is 0 Å². The lowest BCUT2D eigenvalue weighted by atomic mass is 9.74. The lowest BCUT2D eigenvalue weighted by molar-refractivity contribution is -0.0203. The smallest absolute Gasteiger partial charge is 0.409 e. The van der Waals surface area contributed by atoms with Crippen LogP contribution in [0.5, 0.6) is 0 Å². The van der Waals surface area contributed by atoms with Gasteiger partial charge in [0, 0.05) is 13.1 Å². The van der Waals surface area contributed by atoms with Crippen molar-refractivity contribution in [2.75, 3.05) is 13.1 Å². The van der Waals surface area contributed by atoms with Crippen LogP contribution >= 0.6 is 11.6 Å². The monoisotopic (exact) mass is 373 g/mol. The van der Waals surface area contributed by atoms with Crippen molar-refractivity contribution in [1.82, 2.24) is 4.90 Å². The first-order valence-electron chi connectivity index (χ1n) is 7.64. The number of carbonyl (C=O) groups is 1. The first-order chi connectivity index (χ1) is 11.2. The van der Waals surface area contributed by atoms with Crippen molar-refractivity contribution in [2.24, 2.45) is 5.92 Å². The fourth-order valence-corrected chi connectivity index (χ4v) is 3.04. The van der Waals surface area contributed by atoms with Crippen LogP contribution in [0.25, 0.3) is 0 Å². The number of aliphatic hydroxyl groups is 1. The standard InChI is InChI=1S/C15H20ClF4NO3/c1-3-21(4-2)14(22)24-10(12(17)18)9-7-5-6-8-15(9,23)11(16)13(19)20/h9,23H,3-8H2,1-2H3. The van der Waals surface area contributed by atoms with E-state index in [-0.39, 0.29) is 25.9 Å². The molecular formula is C15H20ClF4NO3. The summed E-state index contributed by atoms with van der Waals surface area (Å²) in [5.74, 6) is -2.63. The highest BCUT2D eigenvalue weighted by atomic mass is 35.5. The van der Waals surface area contributed by atoms with Crippen molar-refractivity contribution in [3.05, 3.63) is 23.0 Å². The van der Waals surface area contributed by atoms with Crippen LogP contribution in [-0.4, -0.2) is 34.8 Å². The average Bonchev–Trinajstić information content (AvgIpc) is 2.53. The molecule has 0 heterocycles. The molecule has 0 saturated heterocycles. The molecule has 1 rings (SSSR count). The van der Waals surface area contributed by atoms with Gasteiger partial charge in [-0.2, -0.15) is 17.6 Å². The van der Waals surface area contributed by atoms with Gasteiger partial charge < -0.3 is 14.7 Å². The van der Waals surface area contributed by atoms with Crippen molar-refractivity contribution < 1.29 is 32.2 Å². The highest BCUT2D eigenvalue weighted by molar-refractivity contribution is 6.30. The van der Waals surface area contributed by atoms with E-state index in [1.54, 1.807) is 13.8 Å². The molecule has 0 bridgehead atoms. The minimum absolute atomic E-state index is 0.0573. The summed E-state index contributed by atoms with van der Waals surface area (Å²) in [6, 6.07) is 0. The molecule has 0 aliphatic heterocycles. The number of hydrogen-bond acceptors (Lipinski definition) is 3. The van der Waals surface area contributed by atoms with Crippen LogP contribution in [0.1, 0.15) is 39.5 Å². The number of rotatable bonds is 5. The van der Waals surface area contributed by atoms with Gasteiger partial charge in [-0.25, -0.2) is 4.79 Å². The van der Waals surface area contributed by atoms with Crippen molar-refractivity contribution in [3.63, 3.8) is 0 Å². The largest absolute Gasteiger partial charge is 0.415 e. The Morgan fingerprint density at radius 1 is 1.21 bits per heavy atom. The highest BCUT2D eigenvalue weighted by Gasteiger charge is 2.48. The summed E-state index contributed by atoms with van der Waals surface area (Å²) in [7, 11) is 0. The zero-order valence-electron chi connectivity index (χ0n) is 13.4. The second-order valence-corrected chi connectivity index (χ2v) is 5.84. The minimum atomic E-state index is -2.39. The lowest BCUT2D eigenvalue weighted by Gasteiger charge is -2.39. The van der Waals surface area contributed by atoms with Crippen LogP contribution in [0.15, 0.2) is 23.0 Å². The van der Waals surface area contributed by atoms with E-state index in [0.717, 1.165) is 4.90 Å². The molecule has 0 aromatic rings. The molecule has 1 aliphatic rings. The van der Waals surface area contributed by atoms with E-state index in [9.17, 15) is 27.5 Å². The first kappa shape index (κ1) is 20.8. The van der Waals surface area contributed by atoms with E-state index in [2.05, 4.69) is 0 Å². The van der Waals surface area contributed by atoms with Crippen LogP contribution in [0.2, 0.25) is 0 Å².